The molecule has 0 spiro atoms. The number of rotatable bonds is 8. The number of allylic oxidation sites excluding steroid dienone is 2. The molecule has 7 nitrogen and oxygen atoms in total. The summed E-state index contributed by atoms with van der Waals surface area (Å²) in [5, 5.41) is 2.63. The summed E-state index contributed by atoms with van der Waals surface area (Å²) in [7, 11) is 2.81. The number of ether oxygens (including phenoxy) is 2. The third kappa shape index (κ3) is 6.34. The van der Waals surface area contributed by atoms with Crippen molar-refractivity contribution in [1.29, 1.82) is 0 Å². The van der Waals surface area contributed by atoms with Gasteiger partial charge in [0, 0.05) is 20.0 Å². The van der Waals surface area contributed by atoms with E-state index in [0.717, 1.165) is 0 Å². The van der Waals surface area contributed by atoms with Crippen LogP contribution >= 0.6 is 0 Å². The highest BCUT2D eigenvalue weighted by molar-refractivity contribution is 6.01. The Hall–Kier alpha value is -3.30. The van der Waals surface area contributed by atoms with Crippen molar-refractivity contribution in [2.45, 2.75) is 31.6 Å². The van der Waals surface area contributed by atoms with E-state index in [2.05, 4.69) is 5.32 Å². The van der Waals surface area contributed by atoms with E-state index < -0.39 is 23.5 Å². The zero-order chi connectivity index (χ0) is 23.2. The van der Waals surface area contributed by atoms with Gasteiger partial charge in [-0.15, -0.1) is 0 Å². The fourth-order valence-corrected chi connectivity index (χ4v) is 3.16. The van der Waals surface area contributed by atoms with E-state index in [9.17, 15) is 27.6 Å². The average molecular weight is 440 g/mol. The van der Waals surface area contributed by atoms with Crippen molar-refractivity contribution in [2.24, 2.45) is 0 Å². The maximum absolute atomic E-state index is 13.2. The fraction of sp³-hybridized carbons (Fsp3) is 0.381. The molecule has 1 N–H and O–H groups in total. The fourth-order valence-electron chi connectivity index (χ4n) is 3.16. The summed E-state index contributed by atoms with van der Waals surface area (Å²) in [5.41, 5.74) is -0.782. The third-order valence-electron chi connectivity index (χ3n) is 4.65. The number of benzene rings is 1. The highest BCUT2D eigenvalue weighted by atomic mass is 19.4. The van der Waals surface area contributed by atoms with Crippen LogP contribution in [0.25, 0.3) is 0 Å². The van der Waals surface area contributed by atoms with Gasteiger partial charge in [-0.25, -0.2) is 0 Å². The molecule has 0 unspecified atom stereocenters. The van der Waals surface area contributed by atoms with Crippen molar-refractivity contribution in [2.75, 3.05) is 20.8 Å². The van der Waals surface area contributed by atoms with Gasteiger partial charge in [0.15, 0.2) is 17.3 Å². The van der Waals surface area contributed by atoms with Crippen LogP contribution < -0.4 is 14.8 Å². The molecule has 0 atom stereocenters. The molecule has 1 aromatic carbocycles. The van der Waals surface area contributed by atoms with Crippen LogP contribution in [0.4, 0.5) is 13.2 Å². The number of halogens is 3. The van der Waals surface area contributed by atoms with Crippen LogP contribution in [0.5, 0.6) is 11.5 Å². The Morgan fingerprint density at radius 2 is 1.71 bits per heavy atom. The molecular formula is C21H23F3N2O5. The van der Waals surface area contributed by atoms with Crippen LogP contribution in [0.1, 0.15) is 18.9 Å². The molecule has 2 amide bonds. The summed E-state index contributed by atoms with van der Waals surface area (Å²) < 4.78 is 49.9. The summed E-state index contributed by atoms with van der Waals surface area (Å²) in [5.74, 6) is -2.05. The van der Waals surface area contributed by atoms with Gasteiger partial charge in [-0.05, 0) is 36.3 Å². The second-order valence-corrected chi connectivity index (χ2v) is 6.95. The number of ketones is 1. The number of carbonyl (C=O) groups excluding carboxylic acids is 3. The summed E-state index contributed by atoms with van der Waals surface area (Å²) in [6.07, 6.45) is 0.112. The zero-order valence-corrected chi connectivity index (χ0v) is 17.3. The van der Waals surface area contributed by atoms with Crippen molar-refractivity contribution in [3.63, 3.8) is 0 Å². The Balaban J connectivity index is 2.29. The molecular weight excluding hydrogens is 417 g/mol. The average Bonchev–Trinajstić information content (AvgIpc) is 2.71. The zero-order valence-electron chi connectivity index (χ0n) is 17.3. The minimum atomic E-state index is -5.08. The Morgan fingerprint density at radius 1 is 1.10 bits per heavy atom. The minimum Gasteiger partial charge on any atom is -0.493 e. The van der Waals surface area contributed by atoms with Gasteiger partial charge in [0.25, 0.3) is 0 Å². The Kier molecular flexibility index (Phi) is 7.48. The number of amides is 2. The predicted molar refractivity (Wildman–Crippen MR) is 105 cm³/mol. The number of carbonyl (C=O) groups is 3. The van der Waals surface area contributed by atoms with Crippen LogP contribution in [-0.2, 0) is 20.9 Å². The quantitative estimate of drug-likeness (QED) is 0.672. The van der Waals surface area contributed by atoms with Crippen molar-refractivity contribution < 1.29 is 37.0 Å². The lowest BCUT2D eigenvalue weighted by Crippen LogP contribution is -2.49. The molecule has 1 aliphatic rings. The Labute approximate surface area is 177 Å². The lowest BCUT2D eigenvalue weighted by atomic mass is 9.89. The van der Waals surface area contributed by atoms with Gasteiger partial charge in [-0.3, -0.25) is 14.4 Å². The molecule has 10 heteroatoms. The van der Waals surface area contributed by atoms with E-state index >= 15 is 0 Å². The van der Waals surface area contributed by atoms with E-state index in [1.54, 1.807) is 0 Å². The smallest absolute Gasteiger partial charge is 0.471 e. The Bertz CT molecular complexity index is 893. The predicted octanol–water partition coefficient (Wildman–Crippen LogP) is 2.55. The number of nitrogens with zero attached hydrogens (tertiary/aromatic N) is 1. The molecule has 0 aromatic heterocycles. The molecule has 1 aliphatic carbocycles. The molecule has 0 aliphatic heterocycles. The number of alkyl halides is 3. The van der Waals surface area contributed by atoms with E-state index in [0.29, 0.717) is 22.0 Å². The normalized spacial score (nSPS) is 14.8. The molecule has 0 fully saturated rings. The molecule has 2 rings (SSSR count). The first kappa shape index (κ1) is 24.0. The third-order valence-corrected chi connectivity index (χ3v) is 4.65. The van der Waals surface area contributed by atoms with E-state index in [1.807, 2.05) is 0 Å². The van der Waals surface area contributed by atoms with Gasteiger partial charge < -0.3 is 19.7 Å². The van der Waals surface area contributed by atoms with Crippen LogP contribution in [0, 0.1) is 0 Å². The van der Waals surface area contributed by atoms with Gasteiger partial charge in [0.05, 0.1) is 19.8 Å². The molecule has 0 saturated heterocycles. The minimum absolute atomic E-state index is 0.0675. The highest BCUT2D eigenvalue weighted by Crippen LogP contribution is 2.29. The van der Waals surface area contributed by atoms with Gasteiger partial charge in [-0.2, -0.15) is 13.2 Å². The first-order valence-electron chi connectivity index (χ1n) is 9.28. The first-order chi connectivity index (χ1) is 14.5. The second kappa shape index (κ2) is 9.67. The van der Waals surface area contributed by atoms with Crippen molar-refractivity contribution in [3.05, 3.63) is 48.1 Å². The van der Waals surface area contributed by atoms with E-state index in [-0.39, 0.29) is 25.3 Å². The molecule has 168 valence electrons. The van der Waals surface area contributed by atoms with Crippen LogP contribution in [-0.4, -0.2) is 55.0 Å². The summed E-state index contributed by atoms with van der Waals surface area (Å²) >= 11 is 0. The van der Waals surface area contributed by atoms with Crippen LogP contribution in [0.3, 0.4) is 0 Å². The van der Waals surface area contributed by atoms with Crippen LogP contribution in [0.15, 0.2) is 42.5 Å². The van der Waals surface area contributed by atoms with E-state index in [1.165, 1.54) is 63.6 Å². The topological polar surface area (TPSA) is 84.9 Å². The Morgan fingerprint density at radius 3 is 2.23 bits per heavy atom. The summed E-state index contributed by atoms with van der Waals surface area (Å²) in [6, 6.07) is 4.54. The standard InChI is InChI=1S/C21H23F3N2O5/c1-14(27)25-20(8-6-16(28)7-9-20)10-11-26(19(29)21(22,23)24)13-15-4-5-17(30-2)18(12-15)31-3/h4-9,12H,10-11,13H2,1-3H3,(H,25,27). The number of hydrogen-bond donors (Lipinski definition) is 1. The first-order valence-corrected chi connectivity index (χ1v) is 9.28. The lowest BCUT2D eigenvalue weighted by Gasteiger charge is -2.33. The molecule has 1 aromatic rings. The number of hydrogen-bond acceptors (Lipinski definition) is 5. The van der Waals surface area contributed by atoms with E-state index in [4.69, 9.17) is 9.47 Å². The molecule has 31 heavy (non-hydrogen) atoms. The van der Waals surface area contributed by atoms with Gasteiger partial charge in [0.1, 0.15) is 0 Å². The molecule has 0 radical (unpaired) electrons. The number of methoxy groups -OCH3 is 2. The van der Waals surface area contributed by atoms with Gasteiger partial charge >= 0.3 is 12.1 Å². The summed E-state index contributed by atoms with van der Waals surface area (Å²) in [6.45, 7) is 0.569. The van der Waals surface area contributed by atoms with Crippen molar-refractivity contribution in [1.82, 2.24) is 10.2 Å². The molecule has 0 bridgehead atoms. The summed E-state index contributed by atoms with van der Waals surface area (Å²) in [4.78, 5) is 35.8. The molecule has 0 heterocycles. The second-order valence-electron chi connectivity index (χ2n) is 6.95. The number of nitrogens with one attached hydrogen (secondary N) is 1. The maximum Gasteiger partial charge on any atom is 0.471 e. The monoisotopic (exact) mass is 440 g/mol. The van der Waals surface area contributed by atoms with Crippen molar-refractivity contribution in [3.8, 4) is 11.5 Å². The maximum atomic E-state index is 13.2. The SMILES string of the molecule is COc1ccc(CN(CCC2(NC(C)=O)C=CC(=O)C=C2)C(=O)C(F)(F)F)cc1OC. The van der Waals surface area contributed by atoms with Gasteiger partial charge in [-0.1, -0.05) is 18.2 Å². The highest BCUT2D eigenvalue weighted by Gasteiger charge is 2.43. The lowest BCUT2D eigenvalue weighted by molar-refractivity contribution is -0.186. The molecule has 0 saturated carbocycles. The largest absolute Gasteiger partial charge is 0.493 e. The van der Waals surface area contributed by atoms with Gasteiger partial charge in [0.2, 0.25) is 5.91 Å². The van der Waals surface area contributed by atoms with Crippen LogP contribution in [0.2, 0.25) is 0 Å². The van der Waals surface area contributed by atoms with Crippen molar-refractivity contribution >= 4 is 17.6 Å².